The van der Waals surface area contributed by atoms with Crippen LogP contribution in [-0.4, -0.2) is 15.1 Å². The number of rotatable bonds is 4. The van der Waals surface area contributed by atoms with Crippen LogP contribution >= 0.6 is 11.6 Å². The molecule has 118 valence electrons. The highest BCUT2D eigenvalue weighted by atomic mass is 35.5. The molecule has 3 aromatic rings. The van der Waals surface area contributed by atoms with Crippen LogP contribution < -0.4 is 10.6 Å². The molecule has 0 bridgehead atoms. The number of nitrogens with one attached hydrogen (secondary N) is 2. The smallest absolute Gasteiger partial charge is 0.175 e. The first-order chi connectivity index (χ1) is 11.0. The van der Waals surface area contributed by atoms with Crippen molar-refractivity contribution in [1.29, 1.82) is 0 Å². The summed E-state index contributed by atoms with van der Waals surface area (Å²) in [5, 5.41) is 10.8. The fraction of sp³-hybridized carbons (Fsp3) is 0.188. The molecule has 1 aromatic carbocycles. The molecule has 2 heterocycles. The number of hydrogen-bond acceptors (Lipinski definition) is 6. The molecule has 0 fully saturated rings. The third-order valence-corrected chi connectivity index (χ3v) is 3.53. The van der Waals surface area contributed by atoms with Crippen molar-refractivity contribution >= 4 is 34.7 Å². The monoisotopic (exact) mass is 329 g/mol. The van der Waals surface area contributed by atoms with E-state index in [1.807, 2.05) is 26.8 Å². The molecule has 0 saturated carbocycles. The normalized spacial score (nSPS) is 10.6. The van der Waals surface area contributed by atoms with E-state index in [2.05, 4.69) is 31.8 Å². The summed E-state index contributed by atoms with van der Waals surface area (Å²) in [6, 6.07) is 7.54. The first-order valence-electron chi connectivity index (χ1n) is 7.07. The van der Waals surface area contributed by atoms with Gasteiger partial charge in [-0.25, -0.2) is 9.97 Å². The lowest BCUT2D eigenvalue weighted by Gasteiger charge is -2.12. The van der Waals surface area contributed by atoms with Crippen molar-refractivity contribution in [2.75, 3.05) is 10.6 Å². The minimum absolute atomic E-state index is 0.594. The summed E-state index contributed by atoms with van der Waals surface area (Å²) in [5.74, 6) is 2.56. The number of benzene rings is 1. The van der Waals surface area contributed by atoms with Gasteiger partial charge in [0, 0.05) is 12.1 Å². The molecule has 0 aliphatic rings. The molecular weight excluding hydrogens is 314 g/mol. The van der Waals surface area contributed by atoms with E-state index in [-0.39, 0.29) is 0 Å². The van der Waals surface area contributed by atoms with Gasteiger partial charge in [-0.2, -0.15) is 0 Å². The van der Waals surface area contributed by atoms with Gasteiger partial charge in [-0.15, -0.1) is 0 Å². The molecule has 0 atom stereocenters. The van der Waals surface area contributed by atoms with Gasteiger partial charge < -0.3 is 15.2 Å². The van der Waals surface area contributed by atoms with Crippen molar-refractivity contribution in [2.45, 2.75) is 20.8 Å². The first-order valence-corrected chi connectivity index (χ1v) is 7.45. The maximum atomic E-state index is 6.31. The Morgan fingerprint density at radius 3 is 2.30 bits per heavy atom. The zero-order valence-corrected chi connectivity index (χ0v) is 13.8. The van der Waals surface area contributed by atoms with Gasteiger partial charge in [0.25, 0.3) is 0 Å². The third-order valence-electron chi connectivity index (χ3n) is 3.24. The zero-order valence-electron chi connectivity index (χ0n) is 13.0. The van der Waals surface area contributed by atoms with Crippen LogP contribution in [0.15, 0.2) is 35.1 Å². The Bertz CT molecular complexity index is 823. The van der Waals surface area contributed by atoms with Crippen molar-refractivity contribution in [3.05, 3.63) is 52.5 Å². The van der Waals surface area contributed by atoms with Crippen LogP contribution in [0.4, 0.5) is 23.1 Å². The first kappa shape index (κ1) is 15.3. The molecule has 0 spiro atoms. The molecule has 23 heavy (non-hydrogen) atoms. The van der Waals surface area contributed by atoms with E-state index in [0.29, 0.717) is 22.5 Å². The van der Waals surface area contributed by atoms with Crippen LogP contribution in [0.3, 0.4) is 0 Å². The van der Waals surface area contributed by atoms with Gasteiger partial charge in [0.05, 0.1) is 10.7 Å². The molecule has 0 unspecified atom stereocenters. The summed E-state index contributed by atoms with van der Waals surface area (Å²) in [6.45, 7) is 5.84. The number of aromatic nitrogens is 3. The molecule has 3 rings (SSSR count). The van der Waals surface area contributed by atoms with E-state index in [1.54, 1.807) is 12.1 Å². The van der Waals surface area contributed by atoms with Crippen LogP contribution in [0, 0.1) is 20.8 Å². The fourth-order valence-electron chi connectivity index (χ4n) is 2.25. The predicted octanol–water partition coefficient (Wildman–Crippen LogP) is 4.53. The van der Waals surface area contributed by atoms with Gasteiger partial charge >= 0.3 is 0 Å². The fourth-order valence-corrected chi connectivity index (χ4v) is 2.62. The van der Waals surface area contributed by atoms with Crippen LogP contribution in [0.5, 0.6) is 0 Å². The Kier molecular flexibility index (Phi) is 4.16. The number of nitrogens with zero attached hydrogens (tertiary/aromatic N) is 3. The number of halogens is 1. The van der Waals surface area contributed by atoms with Crippen molar-refractivity contribution < 1.29 is 4.52 Å². The third kappa shape index (κ3) is 3.60. The minimum atomic E-state index is 0.594. The lowest BCUT2D eigenvalue weighted by Crippen LogP contribution is -2.00. The van der Waals surface area contributed by atoms with Gasteiger partial charge in [-0.05, 0) is 38.0 Å². The predicted molar refractivity (Wildman–Crippen MR) is 90.8 cm³/mol. The number of aryl methyl sites for hydroxylation is 3. The van der Waals surface area contributed by atoms with Gasteiger partial charge in [0.15, 0.2) is 5.82 Å². The van der Waals surface area contributed by atoms with E-state index < -0.39 is 0 Å². The maximum absolute atomic E-state index is 6.31. The Labute approximate surface area is 138 Å². The lowest BCUT2D eigenvalue weighted by molar-refractivity contribution is 0.400. The average Bonchev–Trinajstić information content (AvgIpc) is 2.88. The molecule has 6 nitrogen and oxygen atoms in total. The summed E-state index contributed by atoms with van der Waals surface area (Å²) in [4.78, 5) is 8.39. The summed E-state index contributed by atoms with van der Waals surface area (Å²) in [7, 11) is 0. The Morgan fingerprint density at radius 2 is 1.65 bits per heavy atom. The quantitative estimate of drug-likeness (QED) is 0.732. The molecule has 0 aliphatic heterocycles. The SMILES string of the molecule is Cc1cc(C)c(Nc2cc(Nc3cc(C)on3)ncn2)c(Cl)c1. The maximum Gasteiger partial charge on any atom is 0.175 e. The highest BCUT2D eigenvalue weighted by Gasteiger charge is 2.08. The number of hydrogen-bond donors (Lipinski definition) is 2. The van der Waals surface area contributed by atoms with Gasteiger partial charge in [-0.1, -0.05) is 22.8 Å². The van der Waals surface area contributed by atoms with Crippen molar-refractivity contribution in [1.82, 2.24) is 15.1 Å². The van der Waals surface area contributed by atoms with E-state index in [9.17, 15) is 0 Å². The van der Waals surface area contributed by atoms with E-state index in [4.69, 9.17) is 16.1 Å². The Morgan fingerprint density at radius 1 is 0.913 bits per heavy atom. The van der Waals surface area contributed by atoms with Crippen molar-refractivity contribution in [3.63, 3.8) is 0 Å². The summed E-state index contributed by atoms with van der Waals surface area (Å²) < 4.78 is 5.02. The van der Waals surface area contributed by atoms with Crippen molar-refractivity contribution in [3.8, 4) is 0 Å². The largest absolute Gasteiger partial charge is 0.360 e. The second-order valence-electron chi connectivity index (χ2n) is 5.30. The van der Waals surface area contributed by atoms with Crippen molar-refractivity contribution in [2.24, 2.45) is 0 Å². The van der Waals surface area contributed by atoms with E-state index in [0.717, 1.165) is 22.6 Å². The second-order valence-corrected chi connectivity index (χ2v) is 5.71. The molecule has 0 radical (unpaired) electrons. The number of anilines is 4. The molecule has 2 aromatic heterocycles. The molecule has 0 saturated heterocycles. The Hall–Kier alpha value is -2.60. The van der Waals surface area contributed by atoms with Crippen LogP contribution in [0.25, 0.3) is 0 Å². The average molecular weight is 330 g/mol. The van der Waals surface area contributed by atoms with Crippen LogP contribution in [0.1, 0.15) is 16.9 Å². The van der Waals surface area contributed by atoms with Gasteiger partial charge in [0.1, 0.15) is 23.7 Å². The second kappa shape index (κ2) is 6.26. The lowest BCUT2D eigenvalue weighted by atomic mass is 10.1. The van der Waals surface area contributed by atoms with E-state index in [1.165, 1.54) is 6.33 Å². The van der Waals surface area contributed by atoms with Gasteiger partial charge in [-0.3, -0.25) is 0 Å². The standard InChI is InChI=1S/C16H16ClN5O/c1-9-4-10(2)16(12(17)5-9)21-14-7-13(18-8-19-14)20-15-6-11(3)23-22-15/h4-8H,1-3H3,(H2,18,19,20,21,22). The zero-order chi connectivity index (χ0) is 16.4. The highest BCUT2D eigenvalue weighted by Crippen LogP contribution is 2.30. The summed E-state index contributed by atoms with van der Waals surface area (Å²) in [6.07, 6.45) is 1.47. The highest BCUT2D eigenvalue weighted by molar-refractivity contribution is 6.33. The molecule has 2 N–H and O–H groups in total. The van der Waals surface area contributed by atoms with Gasteiger partial charge in [0.2, 0.25) is 0 Å². The molecule has 0 aliphatic carbocycles. The minimum Gasteiger partial charge on any atom is -0.360 e. The summed E-state index contributed by atoms with van der Waals surface area (Å²) >= 11 is 6.31. The topological polar surface area (TPSA) is 75.9 Å². The molecule has 0 amide bonds. The summed E-state index contributed by atoms with van der Waals surface area (Å²) in [5.41, 5.74) is 3.00. The van der Waals surface area contributed by atoms with E-state index >= 15 is 0 Å². The van der Waals surface area contributed by atoms with Crippen LogP contribution in [0.2, 0.25) is 5.02 Å². The molecular formula is C16H16ClN5O. The Balaban J connectivity index is 1.83. The van der Waals surface area contributed by atoms with Crippen LogP contribution in [-0.2, 0) is 0 Å². The molecule has 7 heteroatoms.